The summed E-state index contributed by atoms with van der Waals surface area (Å²) in [5.74, 6) is -0.0487. The molecule has 4 nitrogen and oxygen atoms in total. The molecule has 0 fully saturated rings. The zero-order valence-corrected chi connectivity index (χ0v) is 12.5. The number of aryl methyl sites for hydroxylation is 1. The SMILES string of the molecule is Cc1ccc2c(c1)C=C([N+](=O)[O-])C(c1ccccc1)(C(F)(F)F)O2. The van der Waals surface area contributed by atoms with Crippen LogP contribution in [0.25, 0.3) is 6.08 Å². The topological polar surface area (TPSA) is 52.4 Å². The molecule has 0 aliphatic carbocycles. The molecule has 0 bridgehead atoms. The number of nitro groups is 1. The smallest absolute Gasteiger partial charge is 0.443 e. The summed E-state index contributed by atoms with van der Waals surface area (Å²) in [6.07, 6.45) is -4.08. The molecule has 2 aromatic carbocycles. The summed E-state index contributed by atoms with van der Waals surface area (Å²) in [6.45, 7) is 1.74. The number of hydrogen-bond donors (Lipinski definition) is 0. The number of rotatable bonds is 2. The lowest BCUT2D eigenvalue weighted by Crippen LogP contribution is -2.52. The minimum absolute atomic E-state index is 0.0487. The maximum absolute atomic E-state index is 14.0. The number of nitrogens with zero attached hydrogens (tertiary/aromatic N) is 1. The Hall–Kier alpha value is -2.83. The van der Waals surface area contributed by atoms with Gasteiger partial charge in [0.2, 0.25) is 0 Å². The van der Waals surface area contributed by atoms with E-state index < -0.39 is 22.4 Å². The van der Waals surface area contributed by atoms with Crippen LogP contribution in [0.4, 0.5) is 13.2 Å². The second-order valence-electron chi connectivity index (χ2n) is 5.48. The highest BCUT2D eigenvalue weighted by molar-refractivity contribution is 5.65. The Bertz CT molecular complexity index is 831. The molecule has 0 aromatic heterocycles. The Morgan fingerprint density at radius 1 is 1.12 bits per heavy atom. The number of ether oxygens (including phenoxy) is 1. The van der Waals surface area contributed by atoms with Crippen LogP contribution in [0.2, 0.25) is 0 Å². The van der Waals surface area contributed by atoms with Crippen molar-refractivity contribution in [1.82, 2.24) is 0 Å². The molecule has 1 unspecified atom stereocenters. The van der Waals surface area contributed by atoms with E-state index in [2.05, 4.69) is 0 Å². The van der Waals surface area contributed by atoms with Gasteiger partial charge in [0.25, 0.3) is 0 Å². The van der Waals surface area contributed by atoms with Crippen molar-refractivity contribution in [3.8, 4) is 5.75 Å². The van der Waals surface area contributed by atoms with Crippen molar-refractivity contribution in [2.45, 2.75) is 18.7 Å². The lowest BCUT2D eigenvalue weighted by molar-refractivity contribution is -0.458. The number of benzene rings is 2. The van der Waals surface area contributed by atoms with Crippen LogP contribution in [0.5, 0.6) is 5.75 Å². The van der Waals surface area contributed by atoms with Crippen molar-refractivity contribution in [3.63, 3.8) is 0 Å². The fourth-order valence-electron chi connectivity index (χ4n) is 2.77. The number of hydrogen-bond acceptors (Lipinski definition) is 3. The Labute approximate surface area is 135 Å². The molecule has 24 heavy (non-hydrogen) atoms. The predicted molar refractivity (Wildman–Crippen MR) is 81.0 cm³/mol. The summed E-state index contributed by atoms with van der Waals surface area (Å²) in [7, 11) is 0. The van der Waals surface area contributed by atoms with Crippen LogP contribution in [0, 0.1) is 17.0 Å². The van der Waals surface area contributed by atoms with Crippen LogP contribution in [0.15, 0.2) is 54.2 Å². The van der Waals surface area contributed by atoms with E-state index in [9.17, 15) is 23.3 Å². The highest BCUT2D eigenvalue weighted by atomic mass is 19.4. The molecule has 2 aromatic rings. The van der Waals surface area contributed by atoms with Crippen LogP contribution in [0.3, 0.4) is 0 Å². The maximum atomic E-state index is 14.0. The average molecular weight is 335 g/mol. The molecule has 0 radical (unpaired) electrons. The summed E-state index contributed by atoms with van der Waals surface area (Å²) in [5.41, 5.74) is -3.54. The Kier molecular flexibility index (Phi) is 3.59. The second kappa shape index (κ2) is 5.36. The first kappa shape index (κ1) is 16.0. The van der Waals surface area contributed by atoms with Crippen molar-refractivity contribution in [3.05, 3.63) is 81.0 Å². The van der Waals surface area contributed by atoms with Gasteiger partial charge in [0.05, 0.1) is 4.92 Å². The van der Waals surface area contributed by atoms with Gasteiger partial charge in [-0.2, -0.15) is 13.2 Å². The molecule has 3 rings (SSSR count). The largest absolute Gasteiger partial charge is 0.462 e. The third-order valence-electron chi connectivity index (χ3n) is 3.86. The van der Waals surface area contributed by atoms with E-state index in [4.69, 9.17) is 4.74 Å². The molecule has 0 amide bonds. The average Bonchev–Trinajstić information content (AvgIpc) is 2.53. The van der Waals surface area contributed by atoms with E-state index in [1.807, 2.05) is 0 Å². The van der Waals surface area contributed by atoms with Crippen molar-refractivity contribution >= 4 is 6.08 Å². The number of alkyl halides is 3. The van der Waals surface area contributed by atoms with E-state index in [1.54, 1.807) is 19.1 Å². The quantitative estimate of drug-likeness (QED) is 0.601. The monoisotopic (exact) mass is 335 g/mol. The van der Waals surface area contributed by atoms with Crippen molar-refractivity contribution in [2.24, 2.45) is 0 Å². The fourth-order valence-corrected chi connectivity index (χ4v) is 2.77. The third kappa shape index (κ3) is 2.33. The Morgan fingerprint density at radius 3 is 2.38 bits per heavy atom. The molecule has 0 saturated heterocycles. The van der Waals surface area contributed by atoms with Gasteiger partial charge in [-0.15, -0.1) is 0 Å². The summed E-state index contributed by atoms with van der Waals surface area (Å²) < 4.78 is 47.3. The third-order valence-corrected chi connectivity index (χ3v) is 3.86. The van der Waals surface area contributed by atoms with Crippen LogP contribution in [-0.4, -0.2) is 11.1 Å². The van der Waals surface area contributed by atoms with Crippen molar-refractivity contribution in [2.75, 3.05) is 0 Å². The first-order chi connectivity index (χ1) is 11.3. The lowest BCUT2D eigenvalue weighted by Gasteiger charge is -2.36. The summed E-state index contributed by atoms with van der Waals surface area (Å²) in [6, 6.07) is 11.2. The van der Waals surface area contributed by atoms with Crippen LogP contribution in [-0.2, 0) is 5.60 Å². The molecule has 0 spiro atoms. The minimum atomic E-state index is -5.02. The van der Waals surface area contributed by atoms with Gasteiger partial charge in [-0.05, 0) is 19.1 Å². The molecule has 1 aliphatic rings. The van der Waals surface area contributed by atoms with Gasteiger partial charge in [-0.25, -0.2) is 0 Å². The van der Waals surface area contributed by atoms with Crippen LogP contribution in [0.1, 0.15) is 16.7 Å². The Balaban J connectivity index is 2.34. The van der Waals surface area contributed by atoms with Crippen LogP contribution >= 0.6 is 0 Å². The normalized spacial score (nSPS) is 19.9. The van der Waals surface area contributed by atoms with Gasteiger partial charge in [0.15, 0.2) is 0 Å². The molecule has 1 aliphatic heterocycles. The second-order valence-corrected chi connectivity index (χ2v) is 5.48. The fraction of sp³-hybridized carbons (Fsp3) is 0.176. The molecule has 7 heteroatoms. The van der Waals surface area contributed by atoms with E-state index in [0.717, 1.165) is 11.6 Å². The first-order valence-electron chi connectivity index (χ1n) is 7.04. The van der Waals surface area contributed by atoms with E-state index in [-0.39, 0.29) is 16.9 Å². The van der Waals surface area contributed by atoms with Gasteiger partial charge >= 0.3 is 17.5 Å². The lowest BCUT2D eigenvalue weighted by atomic mass is 9.86. The predicted octanol–water partition coefficient (Wildman–Crippen LogP) is 4.46. The molecular formula is C17H12F3NO3. The Morgan fingerprint density at radius 2 is 1.79 bits per heavy atom. The zero-order chi connectivity index (χ0) is 17.5. The summed E-state index contributed by atoms with van der Waals surface area (Å²) >= 11 is 0. The highest BCUT2D eigenvalue weighted by Gasteiger charge is 2.68. The van der Waals surface area contributed by atoms with E-state index in [1.165, 1.54) is 36.4 Å². The highest BCUT2D eigenvalue weighted by Crippen LogP contribution is 2.51. The van der Waals surface area contributed by atoms with Crippen molar-refractivity contribution in [1.29, 1.82) is 0 Å². The number of halogens is 3. The standard InChI is InChI=1S/C17H12F3NO3/c1-11-7-8-14-12(9-11)10-15(21(22)23)16(24-14,17(18,19)20)13-5-3-2-4-6-13/h2-10H,1H3. The molecule has 124 valence electrons. The van der Waals surface area contributed by atoms with E-state index in [0.29, 0.717) is 0 Å². The minimum Gasteiger partial charge on any atom is -0.462 e. The van der Waals surface area contributed by atoms with Gasteiger partial charge in [-0.3, -0.25) is 10.1 Å². The first-order valence-corrected chi connectivity index (χ1v) is 7.04. The maximum Gasteiger partial charge on any atom is 0.443 e. The summed E-state index contributed by atoms with van der Waals surface area (Å²) in [5, 5.41) is 11.4. The molecule has 1 heterocycles. The molecular weight excluding hydrogens is 323 g/mol. The zero-order valence-electron chi connectivity index (χ0n) is 12.5. The van der Waals surface area contributed by atoms with Gasteiger partial charge in [0, 0.05) is 17.2 Å². The molecule has 0 saturated carbocycles. The van der Waals surface area contributed by atoms with Gasteiger partial charge in [-0.1, -0.05) is 42.0 Å². The molecule has 0 N–H and O–H groups in total. The van der Waals surface area contributed by atoms with Gasteiger partial charge in [0.1, 0.15) is 5.75 Å². The number of fused-ring (bicyclic) bond motifs is 1. The molecule has 1 atom stereocenters. The summed E-state index contributed by atoms with van der Waals surface area (Å²) in [4.78, 5) is 10.4. The van der Waals surface area contributed by atoms with Gasteiger partial charge < -0.3 is 4.74 Å². The van der Waals surface area contributed by atoms with Crippen LogP contribution < -0.4 is 4.74 Å². The van der Waals surface area contributed by atoms with Crippen molar-refractivity contribution < 1.29 is 22.8 Å². The van der Waals surface area contributed by atoms with E-state index >= 15 is 0 Å².